The van der Waals surface area contributed by atoms with Gasteiger partial charge in [0.2, 0.25) is 0 Å². The minimum Gasteiger partial charge on any atom is -0.481 e. The number of aliphatic carboxylic acids is 1. The van der Waals surface area contributed by atoms with Gasteiger partial charge in [0.15, 0.2) is 0 Å². The van der Waals surface area contributed by atoms with E-state index in [-0.39, 0.29) is 5.92 Å². The van der Waals surface area contributed by atoms with Gasteiger partial charge < -0.3 is 9.84 Å². The number of fused-ring (bicyclic) bond motifs is 1. The molecule has 0 spiro atoms. The molecular weight excluding hydrogens is 144 g/mol. The lowest BCUT2D eigenvalue weighted by atomic mass is 10.1. The van der Waals surface area contributed by atoms with Crippen molar-refractivity contribution >= 4 is 5.97 Å². The maximum absolute atomic E-state index is 10.5. The zero-order valence-electron chi connectivity index (χ0n) is 6.49. The van der Waals surface area contributed by atoms with Gasteiger partial charge in [-0.2, -0.15) is 0 Å². The maximum Gasteiger partial charge on any atom is 0.307 e. The Balaban J connectivity index is 1.90. The molecule has 2 unspecified atom stereocenters. The second kappa shape index (κ2) is 2.21. The summed E-state index contributed by atoms with van der Waals surface area (Å²) in [7, 11) is 1.70. The van der Waals surface area contributed by atoms with Crippen LogP contribution in [0.1, 0.15) is 12.8 Å². The maximum atomic E-state index is 10.5. The van der Waals surface area contributed by atoms with E-state index in [1.165, 1.54) is 0 Å². The number of methoxy groups -OCH3 is 1. The molecule has 3 nitrogen and oxygen atoms in total. The number of hydrogen-bond donors (Lipinski definition) is 1. The van der Waals surface area contributed by atoms with Crippen molar-refractivity contribution < 1.29 is 14.6 Å². The zero-order chi connectivity index (χ0) is 8.01. The molecule has 0 aliphatic heterocycles. The monoisotopic (exact) mass is 156 g/mol. The topological polar surface area (TPSA) is 46.5 Å². The third-order valence-corrected chi connectivity index (χ3v) is 3.02. The molecule has 2 rings (SSSR count). The summed E-state index contributed by atoms with van der Waals surface area (Å²) in [5.74, 6) is 0.200. The minimum absolute atomic E-state index is 0.0404. The molecule has 0 aromatic heterocycles. The van der Waals surface area contributed by atoms with Gasteiger partial charge in [-0.05, 0) is 24.7 Å². The van der Waals surface area contributed by atoms with Crippen LogP contribution in [-0.4, -0.2) is 24.3 Å². The molecule has 0 amide bonds. The van der Waals surface area contributed by atoms with Gasteiger partial charge in [-0.3, -0.25) is 4.79 Å². The number of carboxylic acid groups (broad SMARTS) is 1. The number of rotatable bonds is 2. The summed E-state index contributed by atoms with van der Waals surface area (Å²) in [6, 6.07) is 0. The quantitative estimate of drug-likeness (QED) is 0.641. The van der Waals surface area contributed by atoms with E-state index >= 15 is 0 Å². The van der Waals surface area contributed by atoms with E-state index in [1.54, 1.807) is 7.11 Å². The summed E-state index contributed by atoms with van der Waals surface area (Å²) >= 11 is 0. The van der Waals surface area contributed by atoms with Gasteiger partial charge in [0.1, 0.15) is 0 Å². The summed E-state index contributed by atoms with van der Waals surface area (Å²) in [6.07, 6.45) is 2.25. The molecule has 11 heavy (non-hydrogen) atoms. The van der Waals surface area contributed by atoms with Crippen molar-refractivity contribution in [2.24, 2.45) is 17.8 Å². The van der Waals surface area contributed by atoms with Crippen LogP contribution in [0.25, 0.3) is 0 Å². The summed E-state index contributed by atoms with van der Waals surface area (Å²) < 4.78 is 5.15. The normalized spacial score (nSPS) is 47.0. The van der Waals surface area contributed by atoms with Gasteiger partial charge >= 0.3 is 5.97 Å². The third kappa shape index (κ3) is 0.948. The van der Waals surface area contributed by atoms with E-state index in [1.807, 2.05) is 0 Å². The van der Waals surface area contributed by atoms with E-state index in [4.69, 9.17) is 9.84 Å². The van der Waals surface area contributed by atoms with Gasteiger partial charge in [-0.25, -0.2) is 0 Å². The fourth-order valence-corrected chi connectivity index (χ4v) is 2.35. The van der Waals surface area contributed by atoms with Crippen molar-refractivity contribution in [1.29, 1.82) is 0 Å². The summed E-state index contributed by atoms with van der Waals surface area (Å²) in [4.78, 5) is 10.5. The van der Waals surface area contributed by atoms with Crippen molar-refractivity contribution in [3.63, 3.8) is 0 Å². The number of carboxylic acids is 1. The second-order valence-corrected chi connectivity index (χ2v) is 3.52. The van der Waals surface area contributed by atoms with Crippen LogP contribution in [0.15, 0.2) is 0 Å². The molecule has 0 radical (unpaired) electrons. The van der Waals surface area contributed by atoms with E-state index < -0.39 is 5.97 Å². The molecule has 62 valence electrons. The van der Waals surface area contributed by atoms with Crippen LogP contribution in [0.2, 0.25) is 0 Å². The average molecular weight is 156 g/mol. The molecule has 0 saturated heterocycles. The Kier molecular flexibility index (Phi) is 1.42. The molecule has 0 bridgehead atoms. The number of carbonyl (C=O) groups is 1. The fraction of sp³-hybridized carbons (Fsp3) is 0.875. The molecule has 2 atom stereocenters. The first-order valence-electron chi connectivity index (χ1n) is 3.99. The van der Waals surface area contributed by atoms with Gasteiger partial charge in [0.25, 0.3) is 0 Å². The Morgan fingerprint density at radius 1 is 1.45 bits per heavy atom. The van der Waals surface area contributed by atoms with Crippen molar-refractivity contribution in [2.75, 3.05) is 7.11 Å². The lowest BCUT2D eigenvalue weighted by Gasteiger charge is -2.09. The first-order chi connectivity index (χ1) is 5.24. The standard InChI is InChI=1S/C8H12O3/c1-11-4-2-5-6(3-4)7(5)8(9)10/h4-7H,2-3H2,1H3,(H,9,10). The predicted octanol–water partition coefficient (Wildman–Crippen LogP) is 0.742. The highest BCUT2D eigenvalue weighted by molar-refractivity contribution is 5.74. The highest BCUT2D eigenvalue weighted by atomic mass is 16.5. The highest BCUT2D eigenvalue weighted by Gasteiger charge is 2.59. The molecule has 3 heteroatoms. The number of hydrogen-bond acceptors (Lipinski definition) is 2. The van der Waals surface area contributed by atoms with Crippen LogP contribution in [0.4, 0.5) is 0 Å². The van der Waals surface area contributed by atoms with Gasteiger partial charge in [0.05, 0.1) is 12.0 Å². The van der Waals surface area contributed by atoms with Gasteiger partial charge in [-0.15, -0.1) is 0 Å². The van der Waals surface area contributed by atoms with E-state index in [2.05, 4.69) is 0 Å². The molecule has 0 aromatic carbocycles. The number of ether oxygens (including phenoxy) is 1. The summed E-state index contributed by atoms with van der Waals surface area (Å²) in [5, 5.41) is 8.68. The molecule has 0 aromatic rings. The van der Waals surface area contributed by atoms with Crippen molar-refractivity contribution in [2.45, 2.75) is 18.9 Å². The molecule has 2 aliphatic rings. The smallest absolute Gasteiger partial charge is 0.307 e. The first kappa shape index (κ1) is 7.10. The third-order valence-electron chi connectivity index (χ3n) is 3.02. The van der Waals surface area contributed by atoms with Gasteiger partial charge in [0, 0.05) is 7.11 Å². The SMILES string of the molecule is COC1CC2C(C1)C2C(=O)O. The van der Waals surface area contributed by atoms with Crippen molar-refractivity contribution in [3.8, 4) is 0 Å². The van der Waals surface area contributed by atoms with Crippen LogP contribution < -0.4 is 0 Å². The zero-order valence-corrected chi connectivity index (χ0v) is 6.49. The minimum atomic E-state index is -0.616. The Labute approximate surface area is 65.4 Å². The van der Waals surface area contributed by atoms with Crippen LogP contribution in [-0.2, 0) is 9.53 Å². The molecule has 2 fully saturated rings. The van der Waals surface area contributed by atoms with E-state index in [9.17, 15) is 4.79 Å². The van der Waals surface area contributed by atoms with Crippen LogP contribution in [0.5, 0.6) is 0 Å². The van der Waals surface area contributed by atoms with Crippen molar-refractivity contribution in [1.82, 2.24) is 0 Å². The molecule has 0 heterocycles. The first-order valence-corrected chi connectivity index (χ1v) is 3.99. The van der Waals surface area contributed by atoms with Crippen LogP contribution >= 0.6 is 0 Å². The van der Waals surface area contributed by atoms with Crippen LogP contribution in [0.3, 0.4) is 0 Å². The van der Waals surface area contributed by atoms with Crippen LogP contribution in [0, 0.1) is 17.8 Å². The Bertz CT molecular complexity index is 178. The lowest BCUT2D eigenvalue weighted by molar-refractivity contribution is -0.139. The molecule has 2 aliphatic carbocycles. The van der Waals surface area contributed by atoms with E-state index in [0.717, 1.165) is 12.8 Å². The molecule has 2 saturated carbocycles. The highest BCUT2D eigenvalue weighted by Crippen LogP contribution is 2.58. The summed E-state index contributed by atoms with van der Waals surface area (Å²) in [5.41, 5.74) is 0. The largest absolute Gasteiger partial charge is 0.481 e. The predicted molar refractivity (Wildman–Crippen MR) is 38.1 cm³/mol. The molecule has 1 N–H and O–H groups in total. The fourth-order valence-electron chi connectivity index (χ4n) is 2.35. The average Bonchev–Trinajstić information content (AvgIpc) is 2.48. The Morgan fingerprint density at radius 3 is 2.36 bits per heavy atom. The van der Waals surface area contributed by atoms with E-state index in [0.29, 0.717) is 17.9 Å². The Morgan fingerprint density at radius 2 is 2.00 bits per heavy atom. The summed E-state index contributed by atoms with van der Waals surface area (Å²) in [6.45, 7) is 0. The lowest BCUT2D eigenvalue weighted by Crippen LogP contribution is -2.13. The second-order valence-electron chi connectivity index (χ2n) is 3.52. The molecular formula is C8H12O3. The van der Waals surface area contributed by atoms with Crippen molar-refractivity contribution in [3.05, 3.63) is 0 Å². The Hall–Kier alpha value is -0.570. The van der Waals surface area contributed by atoms with Gasteiger partial charge in [-0.1, -0.05) is 0 Å².